The van der Waals surface area contributed by atoms with Crippen LogP contribution in [0, 0.1) is 10.8 Å². The van der Waals surface area contributed by atoms with E-state index in [2.05, 4.69) is 5.32 Å². The molecule has 1 N–H and O–H groups in total. The molecule has 0 atom stereocenters. The first-order chi connectivity index (χ1) is 11.3. The summed E-state index contributed by atoms with van der Waals surface area (Å²) >= 11 is 0. The molecule has 24 heavy (non-hydrogen) atoms. The van der Waals surface area contributed by atoms with Crippen molar-refractivity contribution in [2.75, 3.05) is 12.3 Å². The van der Waals surface area contributed by atoms with Gasteiger partial charge in [0.15, 0.2) is 0 Å². The number of carbonyl (C=O) groups is 1. The van der Waals surface area contributed by atoms with Crippen molar-refractivity contribution in [3.05, 3.63) is 35.9 Å². The molecular formula is C17H22ClNO4S. The molecule has 2 aliphatic rings. The maximum Gasteiger partial charge on any atom is 0.407 e. The lowest BCUT2D eigenvalue weighted by atomic mass is 9.46. The third kappa shape index (κ3) is 4.22. The van der Waals surface area contributed by atoms with Crippen molar-refractivity contribution in [3.8, 4) is 0 Å². The van der Waals surface area contributed by atoms with Gasteiger partial charge in [-0.2, -0.15) is 0 Å². The van der Waals surface area contributed by atoms with Crippen LogP contribution >= 0.6 is 10.7 Å². The highest BCUT2D eigenvalue weighted by atomic mass is 35.7. The van der Waals surface area contributed by atoms with Gasteiger partial charge in [0.2, 0.25) is 9.05 Å². The number of hydrogen-bond donors (Lipinski definition) is 1. The van der Waals surface area contributed by atoms with E-state index in [0.717, 1.165) is 31.2 Å². The molecule has 2 saturated carbocycles. The highest BCUT2D eigenvalue weighted by Gasteiger charge is 2.58. The summed E-state index contributed by atoms with van der Waals surface area (Å²) in [6.07, 6.45) is 4.59. The van der Waals surface area contributed by atoms with Gasteiger partial charge in [0, 0.05) is 22.6 Å². The number of benzene rings is 1. The Balaban J connectivity index is 1.51. The predicted octanol–water partition coefficient (Wildman–Crippen LogP) is 3.43. The minimum absolute atomic E-state index is 0.0950. The van der Waals surface area contributed by atoms with E-state index < -0.39 is 20.6 Å². The highest BCUT2D eigenvalue weighted by molar-refractivity contribution is 8.13. The van der Waals surface area contributed by atoms with Gasteiger partial charge in [-0.25, -0.2) is 13.2 Å². The number of rotatable bonds is 6. The van der Waals surface area contributed by atoms with Crippen LogP contribution in [-0.2, 0) is 20.4 Å². The summed E-state index contributed by atoms with van der Waals surface area (Å²) in [7, 11) is 1.87. The zero-order valence-electron chi connectivity index (χ0n) is 13.5. The van der Waals surface area contributed by atoms with Gasteiger partial charge >= 0.3 is 6.09 Å². The quantitative estimate of drug-likeness (QED) is 0.777. The molecule has 1 amide bonds. The third-order valence-electron chi connectivity index (χ3n) is 5.21. The van der Waals surface area contributed by atoms with Gasteiger partial charge in [-0.3, -0.25) is 0 Å². The number of nitrogens with one attached hydrogen (secondary N) is 1. The van der Waals surface area contributed by atoms with Crippen LogP contribution in [0.1, 0.15) is 37.7 Å². The van der Waals surface area contributed by atoms with Crippen LogP contribution in [0.5, 0.6) is 0 Å². The molecule has 2 aliphatic carbocycles. The molecular weight excluding hydrogens is 350 g/mol. The van der Waals surface area contributed by atoms with E-state index in [1.807, 2.05) is 30.3 Å². The van der Waals surface area contributed by atoms with Gasteiger partial charge in [0.05, 0.1) is 5.75 Å². The molecule has 0 unspecified atom stereocenters. The van der Waals surface area contributed by atoms with E-state index in [-0.39, 0.29) is 24.3 Å². The van der Waals surface area contributed by atoms with Gasteiger partial charge in [0.25, 0.3) is 0 Å². The van der Waals surface area contributed by atoms with E-state index in [0.29, 0.717) is 0 Å². The molecule has 132 valence electrons. The molecule has 2 fully saturated rings. The van der Waals surface area contributed by atoms with E-state index in [4.69, 9.17) is 15.4 Å². The lowest BCUT2D eigenvalue weighted by Gasteiger charge is -2.61. The summed E-state index contributed by atoms with van der Waals surface area (Å²) < 4.78 is 28.2. The van der Waals surface area contributed by atoms with Crippen molar-refractivity contribution in [1.29, 1.82) is 0 Å². The number of hydrogen-bond acceptors (Lipinski definition) is 4. The van der Waals surface area contributed by atoms with E-state index in [9.17, 15) is 13.2 Å². The van der Waals surface area contributed by atoms with E-state index in [1.54, 1.807) is 0 Å². The normalized spacial score (nSPS) is 20.7. The fourth-order valence-corrected chi connectivity index (χ4v) is 5.98. The van der Waals surface area contributed by atoms with Gasteiger partial charge in [-0.15, -0.1) is 0 Å². The summed E-state index contributed by atoms with van der Waals surface area (Å²) in [6, 6.07) is 9.40. The van der Waals surface area contributed by atoms with Crippen LogP contribution in [0.4, 0.5) is 4.79 Å². The second kappa shape index (κ2) is 6.56. The zero-order chi connectivity index (χ0) is 17.3. The predicted molar refractivity (Wildman–Crippen MR) is 92.2 cm³/mol. The van der Waals surface area contributed by atoms with Crippen LogP contribution in [0.2, 0.25) is 0 Å². The minimum Gasteiger partial charge on any atom is -0.445 e. The van der Waals surface area contributed by atoms with Crippen molar-refractivity contribution >= 4 is 25.8 Å². The van der Waals surface area contributed by atoms with Crippen molar-refractivity contribution in [3.63, 3.8) is 0 Å². The average molecular weight is 372 g/mol. The van der Waals surface area contributed by atoms with E-state index in [1.165, 1.54) is 6.42 Å². The Hall–Kier alpha value is -1.27. The second-order valence-electron chi connectivity index (χ2n) is 7.31. The Morgan fingerprint density at radius 2 is 1.88 bits per heavy atom. The molecule has 0 heterocycles. The van der Waals surface area contributed by atoms with Gasteiger partial charge in [-0.05, 0) is 36.7 Å². The molecule has 5 nitrogen and oxygen atoms in total. The summed E-state index contributed by atoms with van der Waals surface area (Å²) in [5.74, 6) is -0.0950. The minimum atomic E-state index is -3.60. The maximum absolute atomic E-state index is 11.9. The molecule has 1 spiro atoms. The fraction of sp³-hybridized carbons (Fsp3) is 0.588. The van der Waals surface area contributed by atoms with Crippen LogP contribution in [0.25, 0.3) is 0 Å². The molecule has 0 saturated heterocycles. The third-order valence-corrected chi connectivity index (χ3v) is 6.50. The fourth-order valence-electron chi connectivity index (χ4n) is 4.25. The summed E-state index contributed by atoms with van der Waals surface area (Å²) in [4.78, 5) is 11.9. The second-order valence-corrected chi connectivity index (χ2v) is 10.1. The average Bonchev–Trinajstić information content (AvgIpc) is 2.45. The standard InChI is InChI=1S/C17H22ClNO4S/c18-24(21,22)13-17(10-16(11-17)7-4-8-16)12-19-15(20)23-9-14-5-2-1-3-6-14/h1-3,5-6H,4,7-13H2,(H,19,20). The summed E-state index contributed by atoms with van der Waals surface area (Å²) in [5, 5.41) is 2.72. The lowest BCUT2D eigenvalue weighted by molar-refractivity contribution is -0.0816. The number of amides is 1. The Morgan fingerprint density at radius 1 is 1.21 bits per heavy atom. The number of alkyl carbamates (subject to hydrolysis) is 1. The number of ether oxygens (including phenoxy) is 1. The molecule has 1 aromatic rings. The maximum atomic E-state index is 11.9. The molecule has 0 bridgehead atoms. The summed E-state index contributed by atoms with van der Waals surface area (Å²) in [6.45, 7) is 0.478. The van der Waals surface area contributed by atoms with E-state index >= 15 is 0 Å². The molecule has 7 heteroatoms. The van der Waals surface area contributed by atoms with Gasteiger partial charge in [0.1, 0.15) is 6.61 Å². The van der Waals surface area contributed by atoms with Crippen LogP contribution in [0.3, 0.4) is 0 Å². The Kier molecular flexibility index (Phi) is 4.80. The van der Waals surface area contributed by atoms with Crippen molar-refractivity contribution < 1.29 is 17.9 Å². The monoisotopic (exact) mass is 371 g/mol. The molecule has 0 radical (unpaired) electrons. The molecule has 1 aromatic carbocycles. The highest BCUT2D eigenvalue weighted by Crippen LogP contribution is 2.64. The van der Waals surface area contributed by atoms with Gasteiger partial charge in [-0.1, -0.05) is 36.8 Å². The first-order valence-corrected chi connectivity index (χ1v) is 10.6. The Morgan fingerprint density at radius 3 is 2.42 bits per heavy atom. The summed E-state index contributed by atoms with van der Waals surface area (Å²) in [5.41, 5.74) is 0.743. The van der Waals surface area contributed by atoms with Crippen molar-refractivity contribution in [1.82, 2.24) is 5.32 Å². The van der Waals surface area contributed by atoms with Gasteiger partial charge < -0.3 is 10.1 Å². The molecule has 0 aliphatic heterocycles. The first kappa shape index (κ1) is 17.5. The van der Waals surface area contributed by atoms with Crippen LogP contribution in [0.15, 0.2) is 30.3 Å². The number of halogens is 1. The first-order valence-electron chi connectivity index (χ1n) is 8.17. The van der Waals surface area contributed by atoms with Crippen LogP contribution in [-0.4, -0.2) is 26.8 Å². The lowest BCUT2D eigenvalue weighted by Crippen LogP contribution is -2.57. The number of carbonyl (C=O) groups excluding carboxylic acids is 1. The topological polar surface area (TPSA) is 72.5 Å². The van der Waals surface area contributed by atoms with Crippen molar-refractivity contribution in [2.45, 2.75) is 38.7 Å². The van der Waals surface area contributed by atoms with Crippen molar-refractivity contribution in [2.24, 2.45) is 10.8 Å². The smallest absolute Gasteiger partial charge is 0.407 e. The molecule has 3 rings (SSSR count). The zero-order valence-corrected chi connectivity index (χ0v) is 15.0. The molecule has 0 aromatic heterocycles. The largest absolute Gasteiger partial charge is 0.445 e. The Labute approximate surface area is 147 Å². The SMILES string of the molecule is O=C(NCC1(CS(=O)(=O)Cl)CC2(CCC2)C1)OCc1ccccc1. The Bertz CT molecular complexity index is 693. The van der Waals surface area contributed by atoms with Crippen LogP contribution < -0.4 is 5.32 Å².